The Morgan fingerprint density at radius 3 is 2.34 bits per heavy atom. The van der Waals surface area contributed by atoms with Crippen molar-refractivity contribution in [1.82, 2.24) is 5.43 Å². The molecule has 0 aliphatic carbocycles. The van der Waals surface area contributed by atoms with Crippen molar-refractivity contribution in [1.29, 1.82) is 0 Å². The van der Waals surface area contributed by atoms with Crippen LogP contribution in [0.15, 0.2) is 76.3 Å². The monoisotopic (exact) mass is 498 g/mol. The highest BCUT2D eigenvalue weighted by molar-refractivity contribution is 9.10. The van der Waals surface area contributed by atoms with Crippen LogP contribution in [0, 0.1) is 0 Å². The summed E-state index contributed by atoms with van der Waals surface area (Å²) in [5, 5.41) is 3.98. The summed E-state index contributed by atoms with van der Waals surface area (Å²) in [5.41, 5.74) is 4.20. The van der Waals surface area contributed by atoms with Crippen molar-refractivity contribution in [2.75, 3.05) is 20.8 Å². The zero-order valence-electron chi connectivity index (χ0n) is 17.7. The number of benzene rings is 3. The maximum absolute atomic E-state index is 12.0. The number of hydrogen-bond acceptors (Lipinski definition) is 6. The molecule has 0 atom stereocenters. The van der Waals surface area contributed by atoms with E-state index in [0.29, 0.717) is 39.6 Å². The molecule has 3 aromatic carbocycles. The van der Waals surface area contributed by atoms with Gasteiger partial charge in [-0.15, -0.1) is 0 Å². The van der Waals surface area contributed by atoms with Crippen molar-refractivity contribution in [3.05, 3.63) is 82.3 Å². The molecule has 0 unspecified atom stereocenters. The Kier molecular flexibility index (Phi) is 8.51. The van der Waals surface area contributed by atoms with E-state index in [4.69, 9.17) is 18.9 Å². The van der Waals surface area contributed by atoms with Crippen LogP contribution in [0.4, 0.5) is 0 Å². The number of ether oxygens (including phenoxy) is 4. The largest absolute Gasteiger partial charge is 0.493 e. The summed E-state index contributed by atoms with van der Waals surface area (Å²) in [6, 6.07) is 20.5. The summed E-state index contributed by atoms with van der Waals surface area (Å²) in [6.45, 7) is 0.211. The molecule has 0 aliphatic heterocycles. The molecule has 0 heterocycles. The Labute approximate surface area is 195 Å². The van der Waals surface area contributed by atoms with Gasteiger partial charge in [-0.25, -0.2) is 5.43 Å². The lowest BCUT2D eigenvalue weighted by molar-refractivity contribution is -0.123. The zero-order chi connectivity index (χ0) is 22.8. The Bertz CT molecular complexity index is 1070. The van der Waals surface area contributed by atoms with Crippen LogP contribution < -0.4 is 24.4 Å². The lowest BCUT2D eigenvalue weighted by Crippen LogP contribution is -2.24. The summed E-state index contributed by atoms with van der Waals surface area (Å²) in [4.78, 5) is 12.0. The van der Waals surface area contributed by atoms with Crippen LogP contribution in [0.3, 0.4) is 0 Å². The summed E-state index contributed by atoms with van der Waals surface area (Å²) < 4.78 is 22.7. The number of halogens is 1. The van der Waals surface area contributed by atoms with Gasteiger partial charge in [-0.2, -0.15) is 5.10 Å². The van der Waals surface area contributed by atoms with Gasteiger partial charge in [0.2, 0.25) is 0 Å². The fourth-order valence-corrected chi connectivity index (χ4v) is 3.35. The first-order chi connectivity index (χ1) is 15.6. The fourth-order valence-electron chi connectivity index (χ4n) is 2.78. The van der Waals surface area contributed by atoms with E-state index in [2.05, 4.69) is 26.5 Å². The molecule has 1 N–H and O–H groups in total. The normalized spacial score (nSPS) is 10.6. The number of amides is 1. The lowest BCUT2D eigenvalue weighted by atomic mass is 10.2. The van der Waals surface area contributed by atoms with Gasteiger partial charge in [0.1, 0.15) is 6.61 Å². The first-order valence-corrected chi connectivity index (χ1v) is 10.5. The second kappa shape index (κ2) is 11.8. The van der Waals surface area contributed by atoms with Crippen LogP contribution in [0.25, 0.3) is 0 Å². The molecule has 0 aliphatic rings. The molecule has 1 amide bonds. The number of rotatable bonds is 10. The summed E-state index contributed by atoms with van der Waals surface area (Å²) in [7, 11) is 3.10. The molecule has 0 fully saturated rings. The average molecular weight is 499 g/mol. The Morgan fingerprint density at radius 2 is 1.62 bits per heavy atom. The van der Waals surface area contributed by atoms with Crippen LogP contribution in [-0.4, -0.2) is 32.9 Å². The van der Waals surface area contributed by atoms with E-state index in [9.17, 15) is 4.79 Å². The number of carbonyl (C=O) groups is 1. The fraction of sp³-hybridized carbons (Fsp3) is 0.167. The molecule has 7 nitrogen and oxygen atoms in total. The van der Waals surface area contributed by atoms with Gasteiger partial charge in [-0.1, -0.05) is 42.5 Å². The molecule has 0 spiro atoms. The molecule has 0 aromatic heterocycles. The van der Waals surface area contributed by atoms with Gasteiger partial charge >= 0.3 is 0 Å². The summed E-state index contributed by atoms with van der Waals surface area (Å²) in [5.74, 6) is 1.76. The number of hydrogen-bond donors (Lipinski definition) is 1. The Morgan fingerprint density at radius 1 is 0.938 bits per heavy atom. The molecule has 166 valence electrons. The second-order valence-corrected chi connectivity index (χ2v) is 7.40. The molecule has 0 saturated heterocycles. The van der Waals surface area contributed by atoms with Gasteiger partial charge < -0.3 is 18.9 Å². The molecule has 0 saturated carbocycles. The number of carbonyl (C=O) groups excluding carboxylic acids is 1. The van der Waals surface area contributed by atoms with E-state index in [0.717, 1.165) is 5.56 Å². The minimum Gasteiger partial charge on any atom is -0.493 e. The van der Waals surface area contributed by atoms with E-state index in [1.165, 1.54) is 13.3 Å². The van der Waals surface area contributed by atoms with E-state index in [-0.39, 0.29) is 6.61 Å². The maximum atomic E-state index is 12.0. The quantitative estimate of drug-likeness (QED) is 0.327. The summed E-state index contributed by atoms with van der Waals surface area (Å²) in [6.07, 6.45) is 1.51. The Balaban J connectivity index is 1.58. The average Bonchev–Trinajstić information content (AvgIpc) is 2.82. The highest BCUT2D eigenvalue weighted by Gasteiger charge is 2.12. The minimum absolute atomic E-state index is 0.197. The van der Waals surface area contributed by atoms with Crippen molar-refractivity contribution < 1.29 is 23.7 Å². The number of nitrogens with zero attached hydrogens (tertiary/aromatic N) is 1. The standard InChI is InChI=1S/C24H23BrN2O5/c1-29-20-10-6-7-11-21(20)31-16-23(28)27-26-14-18-12-19(25)24(22(13-18)30-2)32-15-17-8-4-3-5-9-17/h3-14H,15-16H2,1-2H3,(H,27,28). The lowest BCUT2D eigenvalue weighted by Gasteiger charge is -2.13. The number of para-hydroxylation sites is 2. The zero-order valence-corrected chi connectivity index (χ0v) is 19.3. The first-order valence-electron chi connectivity index (χ1n) is 9.72. The van der Waals surface area contributed by atoms with Gasteiger partial charge in [0.15, 0.2) is 29.6 Å². The van der Waals surface area contributed by atoms with Crippen molar-refractivity contribution in [3.63, 3.8) is 0 Å². The molecule has 3 aromatic rings. The minimum atomic E-state index is -0.402. The predicted molar refractivity (Wildman–Crippen MR) is 126 cm³/mol. The molecule has 8 heteroatoms. The molecule has 3 rings (SSSR count). The third-order valence-electron chi connectivity index (χ3n) is 4.31. The van der Waals surface area contributed by atoms with Crippen molar-refractivity contribution in [3.8, 4) is 23.0 Å². The highest BCUT2D eigenvalue weighted by atomic mass is 79.9. The van der Waals surface area contributed by atoms with Crippen molar-refractivity contribution in [2.45, 2.75) is 6.61 Å². The second-order valence-electron chi connectivity index (χ2n) is 6.54. The highest BCUT2D eigenvalue weighted by Crippen LogP contribution is 2.36. The van der Waals surface area contributed by atoms with Crippen LogP contribution in [0.5, 0.6) is 23.0 Å². The number of nitrogens with one attached hydrogen (secondary N) is 1. The van der Waals surface area contributed by atoms with Gasteiger partial charge in [0.05, 0.1) is 24.9 Å². The molecule has 0 radical (unpaired) electrons. The van der Waals surface area contributed by atoms with E-state index < -0.39 is 5.91 Å². The van der Waals surface area contributed by atoms with Gasteiger partial charge in [0.25, 0.3) is 5.91 Å². The van der Waals surface area contributed by atoms with Gasteiger partial charge in [0, 0.05) is 0 Å². The SMILES string of the molecule is COc1ccccc1OCC(=O)NN=Cc1cc(Br)c(OCc2ccccc2)c(OC)c1. The van der Waals surface area contributed by atoms with Crippen LogP contribution in [-0.2, 0) is 11.4 Å². The Hall–Kier alpha value is -3.52. The third kappa shape index (κ3) is 6.49. The van der Waals surface area contributed by atoms with Crippen LogP contribution in [0.2, 0.25) is 0 Å². The van der Waals surface area contributed by atoms with Gasteiger partial charge in [-0.05, 0) is 51.3 Å². The van der Waals surface area contributed by atoms with Gasteiger partial charge in [-0.3, -0.25) is 4.79 Å². The summed E-state index contributed by atoms with van der Waals surface area (Å²) >= 11 is 3.51. The third-order valence-corrected chi connectivity index (χ3v) is 4.90. The topological polar surface area (TPSA) is 78.4 Å². The molecular formula is C24H23BrN2O5. The maximum Gasteiger partial charge on any atom is 0.277 e. The molecular weight excluding hydrogens is 476 g/mol. The van der Waals surface area contributed by atoms with Crippen LogP contribution >= 0.6 is 15.9 Å². The van der Waals surface area contributed by atoms with Crippen molar-refractivity contribution in [2.24, 2.45) is 5.10 Å². The van der Waals surface area contributed by atoms with E-state index in [1.54, 1.807) is 31.4 Å². The van der Waals surface area contributed by atoms with E-state index >= 15 is 0 Å². The number of hydrazone groups is 1. The van der Waals surface area contributed by atoms with Crippen LogP contribution in [0.1, 0.15) is 11.1 Å². The molecule has 0 bridgehead atoms. The first kappa shape index (κ1) is 23.1. The molecule has 32 heavy (non-hydrogen) atoms. The van der Waals surface area contributed by atoms with Crippen molar-refractivity contribution >= 4 is 28.1 Å². The van der Waals surface area contributed by atoms with E-state index in [1.807, 2.05) is 42.5 Å². The smallest absolute Gasteiger partial charge is 0.277 e. The predicted octanol–water partition coefficient (Wildman–Crippen LogP) is 4.57. The number of methoxy groups -OCH3 is 2.